The fourth-order valence-corrected chi connectivity index (χ4v) is 3.96. The number of hydrogen-bond donors (Lipinski definition) is 1. The standard InChI is InChI=1S/C16H31NO2/c1-3-17(11-15-7-5-9-19-15)12-16(13-18)8-4-6-14(2)10-16/h14-15,18H,3-13H2,1-2H3. The Balaban J connectivity index is 1.90. The average Bonchev–Trinajstić information content (AvgIpc) is 2.91. The number of hydrogen-bond acceptors (Lipinski definition) is 3. The van der Waals surface area contributed by atoms with Crippen LogP contribution in [0.4, 0.5) is 0 Å². The van der Waals surface area contributed by atoms with Gasteiger partial charge in [0.15, 0.2) is 0 Å². The molecule has 1 N–H and O–H groups in total. The molecule has 0 aromatic carbocycles. The van der Waals surface area contributed by atoms with Gasteiger partial charge in [-0.15, -0.1) is 0 Å². The van der Waals surface area contributed by atoms with Crippen molar-refractivity contribution >= 4 is 0 Å². The molecule has 3 nitrogen and oxygen atoms in total. The minimum atomic E-state index is 0.145. The maximum Gasteiger partial charge on any atom is 0.0702 e. The van der Waals surface area contributed by atoms with E-state index in [1.807, 2.05) is 0 Å². The van der Waals surface area contributed by atoms with Crippen molar-refractivity contribution in [3.63, 3.8) is 0 Å². The van der Waals surface area contributed by atoms with E-state index in [0.29, 0.717) is 12.7 Å². The van der Waals surface area contributed by atoms with Gasteiger partial charge in [0.2, 0.25) is 0 Å². The molecule has 1 saturated heterocycles. The highest BCUT2D eigenvalue weighted by Gasteiger charge is 2.36. The van der Waals surface area contributed by atoms with Gasteiger partial charge in [0.25, 0.3) is 0 Å². The van der Waals surface area contributed by atoms with Crippen molar-refractivity contribution < 1.29 is 9.84 Å². The van der Waals surface area contributed by atoms with E-state index in [4.69, 9.17) is 4.74 Å². The summed E-state index contributed by atoms with van der Waals surface area (Å²) in [5.74, 6) is 0.766. The van der Waals surface area contributed by atoms with Crippen LogP contribution < -0.4 is 0 Å². The lowest BCUT2D eigenvalue weighted by molar-refractivity contribution is 0.00597. The quantitative estimate of drug-likeness (QED) is 0.804. The van der Waals surface area contributed by atoms with Gasteiger partial charge >= 0.3 is 0 Å². The van der Waals surface area contributed by atoms with Gasteiger partial charge in [-0.05, 0) is 38.1 Å². The van der Waals surface area contributed by atoms with Crippen molar-refractivity contribution in [2.24, 2.45) is 11.3 Å². The molecule has 1 aliphatic heterocycles. The van der Waals surface area contributed by atoms with Gasteiger partial charge < -0.3 is 14.7 Å². The molecule has 112 valence electrons. The minimum absolute atomic E-state index is 0.145. The average molecular weight is 269 g/mol. The highest BCUT2D eigenvalue weighted by molar-refractivity contribution is 4.88. The van der Waals surface area contributed by atoms with Gasteiger partial charge in [-0.2, -0.15) is 0 Å². The van der Waals surface area contributed by atoms with Crippen molar-refractivity contribution in [1.82, 2.24) is 4.90 Å². The molecule has 2 aliphatic rings. The maximum atomic E-state index is 9.91. The third-order valence-electron chi connectivity index (χ3n) is 5.01. The van der Waals surface area contributed by atoms with E-state index in [1.165, 1.54) is 38.5 Å². The Morgan fingerprint density at radius 1 is 1.32 bits per heavy atom. The Morgan fingerprint density at radius 3 is 2.74 bits per heavy atom. The summed E-state index contributed by atoms with van der Waals surface area (Å²) < 4.78 is 5.76. The van der Waals surface area contributed by atoms with Crippen LogP contribution in [-0.4, -0.2) is 49.0 Å². The number of nitrogens with zero attached hydrogens (tertiary/aromatic N) is 1. The first kappa shape index (κ1) is 15.3. The number of aliphatic hydroxyl groups is 1. The normalized spacial score (nSPS) is 36.0. The van der Waals surface area contributed by atoms with E-state index < -0.39 is 0 Å². The van der Waals surface area contributed by atoms with Crippen molar-refractivity contribution in [2.75, 3.05) is 32.8 Å². The highest BCUT2D eigenvalue weighted by Crippen LogP contribution is 2.39. The summed E-state index contributed by atoms with van der Waals surface area (Å²) in [5, 5.41) is 9.91. The van der Waals surface area contributed by atoms with E-state index in [9.17, 15) is 5.11 Å². The fourth-order valence-electron chi connectivity index (χ4n) is 3.96. The molecule has 1 aliphatic carbocycles. The third kappa shape index (κ3) is 4.17. The molecule has 19 heavy (non-hydrogen) atoms. The van der Waals surface area contributed by atoms with Gasteiger partial charge in [0.05, 0.1) is 6.10 Å². The second kappa shape index (κ2) is 7.05. The van der Waals surface area contributed by atoms with Crippen LogP contribution in [0.15, 0.2) is 0 Å². The molecular weight excluding hydrogens is 238 g/mol. The molecule has 0 aromatic heterocycles. The zero-order chi connectivity index (χ0) is 13.7. The van der Waals surface area contributed by atoms with Crippen LogP contribution in [0.2, 0.25) is 0 Å². The Hall–Kier alpha value is -0.120. The third-order valence-corrected chi connectivity index (χ3v) is 5.01. The molecule has 0 spiro atoms. The zero-order valence-electron chi connectivity index (χ0n) is 12.7. The molecular formula is C16H31NO2. The molecule has 3 atom stereocenters. The lowest BCUT2D eigenvalue weighted by Gasteiger charge is -2.42. The predicted octanol–water partition coefficient (Wildman–Crippen LogP) is 2.68. The second-order valence-corrected chi connectivity index (χ2v) is 6.82. The number of ether oxygens (including phenoxy) is 1. The summed E-state index contributed by atoms with van der Waals surface area (Å²) in [6, 6.07) is 0. The van der Waals surface area contributed by atoms with Gasteiger partial charge in [-0.3, -0.25) is 0 Å². The molecule has 3 unspecified atom stereocenters. The summed E-state index contributed by atoms with van der Waals surface area (Å²) in [4.78, 5) is 2.50. The van der Waals surface area contributed by atoms with Gasteiger partial charge in [0.1, 0.15) is 0 Å². The molecule has 3 heteroatoms. The summed E-state index contributed by atoms with van der Waals surface area (Å²) in [6.07, 6.45) is 7.83. The Bertz CT molecular complexity index is 265. The molecule has 0 bridgehead atoms. The summed E-state index contributed by atoms with van der Waals surface area (Å²) in [6.45, 7) is 9.00. The lowest BCUT2D eigenvalue weighted by Crippen LogP contribution is -2.45. The molecule has 0 radical (unpaired) electrons. The molecule has 0 amide bonds. The lowest BCUT2D eigenvalue weighted by atomic mass is 9.70. The van der Waals surface area contributed by atoms with Crippen molar-refractivity contribution in [3.8, 4) is 0 Å². The van der Waals surface area contributed by atoms with Crippen molar-refractivity contribution in [3.05, 3.63) is 0 Å². The highest BCUT2D eigenvalue weighted by atomic mass is 16.5. The van der Waals surface area contributed by atoms with Crippen LogP contribution in [-0.2, 0) is 4.74 Å². The van der Waals surface area contributed by atoms with Crippen LogP contribution in [0, 0.1) is 11.3 Å². The molecule has 2 rings (SSSR count). The van der Waals surface area contributed by atoms with Crippen LogP contribution in [0.25, 0.3) is 0 Å². The van der Waals surface area contributed by atoms with Gasteiger partial charge in [-0.25, -0.2) is 0 Å². The van der Waals surface area contributed by atoms with E-state index in [0.717, 1.165) is 32.2 Å². The van der Waals surface area contributed by atoms with E-state index in [-0.39, 0.29) is 5.41 Å². The molecule has 1 heterocycles. The Kier molecular flexibility index (Phi) is 5.67. The van der Waals surface area contributed by atoms with Crippen LogP contribution >= 0.6 is 0 Å². The van der Waals surface area contributed by atoms with E-state index >= 15 is 0 Å². The first-order valence-corrected chi connectivity index (χ1v) is 8.12. The number of aliphatic hydroxyl groups excluding tert-OH is 1. The fraction of sp³-hybridized carbons (Fsp3) is 1.00. The molecule has 0 aromatic rings. The van der Waals surface area contributed by atoms with Crippen molar-refractivity contribution in [2.45, 2.75) is 58.5 Å². The first-order chi connectivity index (χ1) is 9.17. The summed E-state index contributed by atoms with van der Waals surface area (Å²) in [5.41, 5.74) is 0.145. The van der Waals surface area contributed by atoms with Gasteiger partial charge in [-0.1, -0.05) is 26.7 Å². The number of likely N-dealkylation sites (N-methyl/N-ethyl adjacent to an activating group) is 1. The molecule has 1 saturated carbocycles. The minimum Gasteiger partial charge on any atom is -0.396 e. The van der Waals surface area contributed by atoms with E-state index in [2.05, 4.69) is 18.7 Å². The SMILES string of the molecule is CCN(CC1CCCO1)CC1(CO)CCCC(C)C1. The monoisotopic (exact) mass is 269 g/mol. The Labute approximate surface area is 118 Å². The largest absolute Gasteiger partial charge is 0.396 e. The van der Waals surface area contributed by atoms with Crippen LogP contribution in [0.1, 0.15) is 52.4 Å². The second-order valence-electron chi connectivity index (χ2n) is 6.82. The van der Waals surface area contributed by atoms with E-state index in [1.54, 1.807) is 0 Å². The predicted molar refractivity (Wildman–Crippen MR) is 78.2 cm³/mol. The first-order valence-electron chi connectivity index (χ1n) is 8.12. The maximum absolute atomic E-state index is 9.91. The summed E-state index contributed by atoms with van der Waals surface area (Å²) in [7, 11) is 0. The topological polar surface area (TPSA) is 32.7 Å². The molecule has 2 fully saturated rings. The zero-order valence-corrected chi connectivity index (χ0v) is 12.7. The smallest absolute Gasteiger partial charge is 0.0702 e. The van der Waals surface area contributed by atoms with Crippen LogP contribution in [0.5, 0.6) is 0 Å². The number of rotatable bonds is 6. The van der Waals surface area contributed by atoms with Gasteiger partial charge in [0, 0.05) is 31.7 Å². The Morgan fingerprint density at radius 2 is 2.16 bits per heavy atom. The summed E-state index contributed by atoms with van der Waals surface area (Å²) >= 11 is 0. The van der Waals surface area contributed by atoms with Crippen LogP contribution in [0.3, 0.4) is 0 Å². The van der Waals surface area contributed by atoms with Crippen molar-refractivity contribution in [1.29, 1.82) is 0 Å².